The van der Waals surface area contributed by atoms with Crippen molar-refractivity contribution >= 4 is 41.6 Å². The first-order chi connectivity index (χ1) is 9.71. The van der Waals surface area contributed by atoms with Crippen molar-refractivity contribution in [2.45, 2.75) is 44.0 Å². The van der Waals surface area contributed by atoms with Crippen LogP contribution in [0, 0.1) is 6.92 Å². The number of rotatable bonds is 2. The molecule has 1 aliphatic rings. The van der Waals surface area contributed by atoms with Gasteiger partial charge in [-0.05, 0) is 50.8 Å². The summed E-state index contributed by atoms with van der Waals surface area (Å²) in [6.07, 6.45) is 3.06. The highest BCUT2D eigenvalue weighted by Gasteiger charge is 2.27. The summed E-state index contributed by atoms with van der Waals surface area (Å²) in [5.74, 6) is -0.137. The molecule has 0 N–H and O–H groups in total. The molecular weight excluding hydrogens is 378 g/mol. The van der Waals surface area contributed by atoms with Gasteiger partial charge in [0.05, 0.1) is 4.90 Å². The molecule has 0 radical (unpaired) electrons. The summed E-state index contributed by atoms with van der Waals surface area (Å²) in [7, 11) is 1.53. The van der Waals surface area contributed by atoms with Crippen molar-refractivity contribution in [3.05, 3.63) is 27.7 Å². The van der Waals surface area contributed by atoms with Crippen molar-refractivity contribution in [3.8, 4) is 0 Å². The zero-order valence-electron chi connectivity index (χ0n) is 11.9. The molecule has 116 valence electrons. The van der Waals surface area contributed by atoms with Gasteiger partial charge in [0.1, 0.15) is 0 Å². The van der Waals surface area contributed by atoms with Crippen LogP contribution in [0.3, 0.4) is 0 Å². The highest BCUT2D eigenvalue weighted by molar-refractivity contribution is 9.10. The van der Waals surface area contributed by atoms with Gasteiger partial charge in [0.2, 0.25) is 0 Å². The SMILES string of the molecule is Cc1c(Br)cc(S(=O)(=O)Cl)cc1C(=O)N1CCCCC1C. The van der Waals surface area contributed by atoms with Crippen molar-refractivity contribution < 1.29 is 13.2 Å². The molecule has 1 heterocycles. The van der Waals surface area contributed by atoms with Gasteiger partial charge < -0.3 is 4.90 Å². The number of amides is 1. The maximum atomic E-state index is 12.7. The summed E-state index contributed by atoms with van der Waals surface area (Å²) in [6.45, 7) is 4.51. The first kappa shape index (κ1) is 16.8. The normalized spacial score (nSPS) is 19.6. The van der Waals surface area contributed by atoms with Gasteiger partial charge in [-0.2, -0.15) is 0 Å². The fraction of sp³-hybridized carbons (Fsp3) is 0.500. The molecule has 4 nitrogen and oxygen atoms in total. The molecule has 1 atom stereocenters. The zero-order chi connectivity index (χ0) is 15.8. The number of benzene rings is 1. The lowest BCUT2D eigenvalue weighted by Gasteiger charge is -2.34. The third kappa shape index (κ3) is 3.60. The Morgan fingerprint density at radius 1 is 1.38 bits per heavy atom. The number of likely N-dealkylation sites (tertiary alicyclic amines) is 1. The van der Waals surface area contributed by atoms with Crippen molar-refractivity contribution in [2.24, 2.45) is 0 Å². The molecule has 1 aromatic carbocycles. The second kappa shape index (κ2) is 6.26. The van der Waals surface area contributed by atoms with Crippen LogP contribution < -0.4 is 0 Å². The van der Waals surface area contributed by atoms with E-state index in [0.717, 1.165) is 24.8 Å². The molecule has 0 aromatic heterocycles. The summed E-state index contributed by atoms with van der Waals surface area (Å²) in [6, 6.07) is 2.96. The minimum absolute atomic E-state index is 0.0605. The van der Waals surface area contributed by atoms with E-state index in [1.165, 1.54) is 12.1 Å². The van der Waals surface area contributed by atoms with Crippen LogP contribution in [0.25, 0.3) is 0 Å². The van der Waals surface area contributed by atoms with Crippen molar-refractivity contribution in [1.82, 2.24) is 4.90 Å². The second-order valence-electron chi connectivity index (χ2n) is 5.36. The fourth-order valence-corrected chi connectivity index (χ4v) is 3.97. The molecule has 1 unspecified atom stereocenters. The Bertz CT molecular complexity index is 675. The fourth-order valence-electron chi connectivity index (χ4n) is 2.57. The number of halogens is 2. The monoisotopic (exact) mass is 393 g/mol. The van der Waals surface area contributed by atoms with E-state index in [2.05, 4.69) is 15.9 Å². The van der Waals surface area contributed by atoms with E-state index < -0.39 is 9.05 Å². The molecule has 21 heavy (non-hydrogen) atoms. The summed E-state index contributed by atoms with van der Waals surface area (Å²) < 4.78 is 23.6. The van der Waals surface area contributed by atoms with Gasteiger partial charge in [0.25, 0.3) is 15.0 Å². The second-order valence-corrected chi connectivity index (χ2v) is 8.78. The third-order valence-electron chi connectivity index (χ3n) is 3.89. The predicted octanol–water partition coefficient (Wildman–Crippen LogP) is 3.70. The maximum absolute atomic E-state index is 12.7. The minimum atomic E-state index is -3.87. The highest BCUT2D eigenvalue weighted by atomic mass is 79.9. The third-order valence-corrected chi connectivity index (χ3v) is 6.05. The Balaban J connectivity index is 2.47. The maximum Gasteiger partial charge on any atom is 0.261 e. The Kier molecular flexibility index (Phi) is 5.00. The molecule has 7 heteroatoms. The average Bonchev–Trinajstić information content (AvgIpc) is 2.40. The Morgan fingerprint density at radius 3 is 2.62 bits per heavy atom. The standard InChI is InChI=1S/C14H17BrClNO3S/c1-9-5-3-4-6-17(9)14(18)12-7-11(21(16,19)20)8-13(15)10(12)2/h7-9H,3-6H2,1-2H3. The van der Waals surface area contributed by atoms with E-state index in [9.17, 15) is 13.2 Å². The predicted molar refractivity (Wildman–Crippen MR) is 86.3 cm³/mol. The van der Waals surface area contributed by atoms with Crippen LogP contribution in [0.2, 0.25) is 0 Å². The van der Waals surface area contributed by atoms with E-state index in [1.807, 2.05) is 11.8 Å². The lowest BCUT2D eigenvalue weighted by molar-refractivity contribution is 0.0634. The molecule has 0 aliphatic carbocycles. The van der Waals surface area contributed by atoms with Gasteiger partial charge in [-0.15, -0.1) is 0 Å². The molecule has 1 saturated heterocycles. The first-order valence-electron chi connectivity index (χ1n) is 6.77. The van der Waals surface area contributed by atoms with Crippen LogP contribution in [-0.2, 0) is 9.05 Å². The van der Waals surface area contributed by atoms with E-state index in [4.69, 9.17) is 10.7 Å². The number of carbonyl (C=O) groups excluding carboxylic acids is 1. The number of nitrogens with zero attached hydrogens (tertiary/aromatic N) is 1. The number of piperidine rings is 1. The minimum Gasteiger partial charge on any atom is -0.336 e. The molecular formula is C14H17BrClNO3S. The zero-order valence-corrected chi connectivity index (χ0v) is 15.1. The van der Waals surface area contributed by atoms with Gasteiger partial charge in [-0.3, -0.25) is 4.79 Å². The first-order valence-corrected chi connectivity index (χ1v) is 9.88. The molecule has 2 rings (SSSR count). The van der Waals surface area contributed by atoms with Crippen LogP contribution in [0.5, 0.6) is 0 Å². The molecule has 0 saturated carbocycles. The lowest BCUT2D eigenvalue weighted by Crippen LogP contribution is -2.42. The van der Waals surface area contributed by atoms with Gasteiger partial charge >= 0.3 is 0 Å². The lowest BCUT2D eigenvalue weighted by atomic mass is 10.0. The largest absolute Gasteiger partial charge is 0.336 e. The Labute approximate surface area is 138 Å². The highest BCUT2D eigenvalue weighted by Crippen LogP contribution is 2.29. The number of carbonyl (C=O) groups is 1. The van der Waals surface area contributed by atoms with Gasteiger partial charge in [0.15, 0.2) is 0 Å². The molecule has 1 amide bonds. The summed E-state index contributed by atoms with van der Waals surface area (Å²) in [5.41, 5.74) is 1.11. The Hall–Kier alpha value is -0.590. The molecule has 0 spiro atoms. The smallest absolute Gasteiger partial charge is 0.261 e. The van der Waals surface area contributed by atoms with Gasteiger partial charge in [-0.1, -0.05) is 15.9 Å². The molecule has 1 aromatic rings. The number of hydrogen-bond acceptors (Lipinski definition) is 3. The summed E-state index contributed by atoms with van der Waals surface area (Å²) >= 11 is 3.30. The van der Waals surface area contributed by atoms with Gasteiger partial charge in [-0.25, -0.2) is 8.42 Å². The van der Waals surface area contributed by atoms with Gasteiger partial charge in [0, 0.05) is 33.3 Å². The van der Waals surface area contributed by atoms with Crippen LogP contribution in [0.15, 0.2) is 21.5 Å². The quantitative estimate of drug-likeness (QED) is 0.719. The molecule has 1 aliphatic heterocycles. The van der Waals surface area contributed by atoms with E-state index in [-0.39, 0.29) is 16.8 Å². The van der Waals surface area contributed by atoms with Crippen LogP contribution in [-0.4, -0.2) is 31.8 Å². The van der Waals surface area contributed by atoms with E-state index >= 15 is 0 Å². The molecule has 1 fully saturated rings. The summed E-state index contributed by atoms with van der Waals surface area (Å²) in [5, 5.41) is 0. The van der Waals surface area contributed by atoms with Crippen molar-refractivity contribution in [3.63, 3.8) is 0 Å². The van der Waals surface area contributed by atoms with Crippen LogP contribution in [0.1, 0.15) is 42.1 Å². The van der Waals surface area contributed by atoms with Crippen molar-refractivity contribution in [2.75, 3.05) is 6.54 Å². The Morgan fingerprint density at radius 2 is 2.05 bits per heavy atom. The number of hydrogen-bond donors (Lipinski definition) is 0. The van der Waals surface area contributed by atoms with Crippen LogP contribution in [0.4, 0.5) is 0 Å². The van der Waals surface area contributed by atoms with Crippen LogP contribution >= 0.6 is 26.6 Å². The average molecular weight is 395 g/mol. The molecule has 0 bridgehead atoms. The van der Waals surface area contributed by atoms with Crippen molar-refractivity contribution in [1.29, 1.82) is 0 Å². The van der Waals surface area contributed by atoms with E-state index in [0.29, 0.717) is 16.6 Å². The summed E-state index contributed by atoms with van der Waals surface area (Å²) in [4.78, 5) is 14.5. The van der Waals surface area contributed by atoms with E-state index in [1.54, 1.807) is 6.92 Å². The topological polar surface area (TPSA) is 54.5 Å².